The first kappa shape index (κ1) is 19.2. The van der Waals surface area contributed by atoms with Crippen LogP contribution in [0.1, 0.15) is 22.7 Å². The van der Waals surface area contributed by atoms with E-state index in [1.54, 1.807) is 24.4 Å². The van der Waals surface area contributed by atoms with Gasteiger partial charge in [0.15, 0.2) is 0 Å². The average molecular weight is 383 g/mol. The smallest absolute Gasteiger partial charge is 0.254 e. The highest BCUT2D eigenvalue weighted by Crippen LogP contribution is 2.11. The molecule has 2 heterocycles. The number of hydrogen-bond acceptors (Lipinski definition) is 6. The summed E-state index contributed by atoms with van der Waals surface area (Å²) in [5.41, 5.74) is 0.551. The molecule has 0 bridgehead atoms. The predicted octanol–water partition coefficient (Wildman–Crippen LogP) is 1.75. The number of nitrogens with zero attached hydrogens (tertiary/aromatic N) is 3. The maximum atomic E-state index is 13.5. The van der Waals surface area contributed by atoms with E-state index < -0.39 is 11.7 Å². The van der Waals surface area contributed by atoms with Crippen LogP contribution in [0.3, 0.4) is 0 Å². The predicted molar refractivity (Wildman–Crippen MR) is 97.6 cm³/mol. The van der Waals surface area contributed by atoms with Crippen LogP contribution in [0.5, 0.6) is 0 Å². The highest BCUT2D eigenvalue weighted by Gasteiger charge is 2.12. The van der Waals surface area contributed by atoms with Crippen LogP contribution in [0, 0.1) is 5.82 Å². The maximum Gasteiger partial charge on any atom is 0.254 e. The molecule has 0 spiro atoms. The molecule has 0 radical (unpaired) electrons. The summed E-state index contributed by atoms with van der Waals surface area (Å²) in [6.45, 7) is 0.410. The molecule has 2 aromatic heterocycles. The standard InChI is InChI=1S/C19H18FN5O3/c20-14-6-2-1-5-13(14)19(27)23-11-8-16(26)22-12-9-17-24-18(25-28-17)15-7-3-4-10-21-15/h1-7,10H,8-9,11-12H2,(H,22,26)(H,23,27). The van der Waals surface area contributed by atoms with E-state index >= 15 is 0 Å². The van der Waals surface area contributed by atoms with Crippen molar-refractivity contribution < 1.29 is 18.5 Å². The van der Waals surface area contributed by atoms with E-state index in [0.717, 1.165) is 0 Å². The van der Waals surface area contributed by atoms with Gasteiger partial charge >= 0.3 is 0 Å². The summed E-state index contributed by atoms with van der Waals surface area (Å²) in [6.07, 6.45) is 2.08. The summed E-state index contributed by atoms with van der Waals surface area (Å²) in [5.74, 6) is -0.641. The molecule has 2 amide bonds. The molecule has 0 saturated heterocycles. The zero-order valence-electron chi connectivity index (χ0n) is 14.9. The molecule has 0 saturated carbocycles. The average Bonchev–Trinajstić information content (AvgIpc) is 3.18. The Balaban J connectivity index is 1.37. The van der Waals surface area contributed by atoms with E-state index in [9.17, 15) is 14.0 Å². The molecule has 0 unspecified atom stereocenters. The Hall–Kier alpha value is -3.62. The number of pyridine rings is 1. The van der Waals surface area contributed by atoms with Gasteiger partial charge in [-0.15, -0.1) is 0 Å². The normalized spacial score (nSPS) is 10.5. The Labute approximate surface area is 160 Å². The molecule has 0 atom stereocenters. The Kier molecular flexibility index (Phi) is 6.40. The molecule has 0 fully saturated rings. The largest absolute Gasteiger partial charge is 0.356 e. The summed E-state index contributed by atoms with van der Waals surface area (Å²) in [5, 5.41) is 9.06. The summed E-state index contributed by atoms with van der Waals surface area (Å²) >= 11 is 0. The molecule has 144 valence electrons. The fourth-order valence-corrected chi connectivity index (χ4v) is 2.38. The lowest BCUT2D eigenvalue weighted by Crippen LogP contribution is -2.32. The van der Waals surface area contributed by atoms with Crippen molar-refractivity contribution in [2.45, 2.75) is 12.8 Å². The van der Waals surface area contributed by atoms with Crippen molar-refractivity contribution in [3.8, 4) is 11.5 Å². The van der Waals surface area contributed by atoms with Gasteiger partial charge in [-0.3, -0.25) is 14.6 Å². The molecule has 0 aliphatic carbocycles. The number of nitrogens with one attached hydrogen (secondary N) is 2. The van der Waals surface area contributed by atoms with Gasteiger partial charge in [-0.1, -0.05) is 23.4 Å². The second kappa shape index (κ2) is 9.36. The van der Waals surface area contributed by atoms with Crippen molar-refractivity contribution in [1.82, 2.24) is 25.8 Å². The van der Waals surface area contributed by atoms with Crippen molar-refractivity contribution in [2.24, 2.45) is 0 Å². The van der Waals surface area contributed by atoms with E-state index in [1.807, 2.05) is 6.07 Å². The molecule has 3 aromatic rings. The Morgan fingerprint density at radius 3 is 2.64 bits per heavy atom. The first-order valence-corrected chi connectivity index (χ1v) is 8.67. The van der Waals surface area contributed by atoms with Crippen LogP contribution in [0.15, 0.2) is 53.2 Å². The molecule has 2 N–H and O–H groups in total. The van der Waals surface area contributed by atoms with Gasteiger partial charge in [-0.05, 0) is 24.3 Å². The van der Waals surface area contributed by atoms with E-state index in [2.05, 4.69) is 25.8 Å². The van der Waals surface area contributed by atoms with Crippen molar-refractivity contribution in [3.63, 3.8) is 0 Å². The first-order valence-electron chi connectivity index (χ1n) is 8.67. The summed E-state index contributed by atoms with van der Waals surface area (Å²) in [6, 6.07) is 11.0. The van der Waals surface area contributed by atoms with Gasteiger partial charge in [-0.2, -0.15) is 4.98 Å². The van der Waals surface area contributed by atoms with Crippen molar-refractivity contribution >= 4 is 11.8 Å². The number of hydrogen-bond donors (Lipinski definition) is 2. The molecule has 0 aliphatic heterocycles. The van der Waals surface area contributed by atoms with Gasteiger partial charge in [-0.25, -0.2) is 4.39 Å². The van der Waals surface area contributed by atoms with Gasteiger partial charge in [0.1, 0.15) is 11.5 Å². The van der Waals surface area contributed by atoms with Crippen LogP contribution in [-0.2, 0) is 11.2 Å². The number of halogens is 1. The molecule has 9 heteroatoms. The molecule has 28 heavy (non-hydrogen) atoms. The van der Waals surface area contributed by atoms with Crippen LogP contribution in [0.4, 0.5) is 4.39 Å². The van der Waals surface area contributed by atoms with E-state index in [-0.39, 0.29) is 24.4 Å². The molecule has 3 rings (SSSR count). The fourth-order valence-electron chi connectivity index (χ4n) is 2.38. The van der Waals surface area contributed by atoms with E-state index in [4.69, 9.17) is 4.52 Å². The molecule has 8 nitrogen and oxygen atoms in total. The quantitative estimate of drug-likeness (QED) is 0.613. The van der Waals surface area contributed by atoms with Gasteiger partial charge in [0.05, 0.1) is 5.56 Å². The minimum Gasteiger partial charge on any atom is -0.356 e. The van der Waals surface area contributed by atoms with E-state index in [1.165, 1.54) is 18.2 Å². The topological polar surface area (TPSA) is 110 Å². The minimum absolute atomic E-state index is 0.0528. The highest BCUT2D eigenvalue weighted by atomic mass is 19.1. The zero-order chi connectivity index (χ0) is 19.8. The number of carbonyl (C=O) groups is 2. The van der Waals surface area contributed by atoms with Gasteiger partial charge in [0, 0.05) is 32.1 Å². The van der Waals surface area contributed by atoms with Crippen molar-refractivity contribution in [2.75, 3.05) is 13.1 Å². The molecule has 1 aromatic carbocycles. The lowest BCUT2D eigenvalue weighted by Gasteiger charge is -2.06. The first-order chi connectivity index (χ1) is 13.6. The van der Waals surface area contributed by atoms with Crippen LogP contribution in [0.25, 0.3) is 11.5 Å². The second-order valence-electron chi connectivity index (χ2n) is 5.81. The minimum atomic E-state index is -0.603. The zero-order valence-corrected chi connectivity index (χ0v) is 14.9. The number of rotatable bonds is 8. The SMILES string of the molecule is O=C(CCNC(=O)c1ccccc1F)NCCc1nc(-c2ccccn2)no1. The third-order valence-electron chi connectivity index (χ3n) is 3.78. The third kappa shape index (κ3) is 5.19. The van der Waals surface area contributed by atoms with Crippen LogP contribution in [-0.4, -0.2) is 40.0 Å². The lowest BCUT2D eigenvalue weighted by molar-refractivity contribution is -0.120. The fraction of sp³-hybridized carbons (Fsp3) is 0.211. The monoisotopic (exact) mass is 383 g/mol. The van der Waals surface area contributed by atoms with Gasteiger partial charge < -0.3 is 15.2 Å². The van der Waals surface area contributed by atoms with Gasteiger partial charge in [0.2, 0.25) is 17.6 Å². The van der Waals surface area contributed by atoms with Gasteiger partial charge in [0.25, 0.3) is 5.91 Å². The summed E-state index contributed by atoms with van der Waals surface area (Å²) < 4.78 is 18.6. The molecular weight excluding hydrogens is 365 g/mol. The Bertz CT molecular complexity index is 946. The van der Waals surface area contributed by atoms with Crippen LogP contribution >= 0.6 is 0 Å². The maximum absolute atomic E-state index is 13.5. The number of amides is 2. The lowest BCUT2D eigenvalue weighted by atomic mass is 10.2. The summed E-state index contributed by atoms with van der Waals surface area (Å²) in [7, 11) is 0. The number of carbonyl (C=O) groups excluding carboxylic acids is 2. The van der Waals surface area contributed by atoms with E-state index in [0.29, 0.717) is 30.4 Å². The Morgan fingerprint density at radius 1 is 1.04 bits per heavy atom. The summed E-state index contributed by atoms with van der Waals surface area (Å²) in [4.78, 5) is 32.0. The van der Waals surface area contributed by atoms with Crippen molar-refractivity contribution in [1.29, 1.82) is 0 Å². The number of aromatic nitrogens is 3. The Morgan fingerprint density at radius 2 is 1.86 bits per heavy atom. The van der Waals surface area contributed by atoms with Crippen molar-refractivity contribution in [3.05, 3.63) is 65.9 Å². The highest BCUT2D eigenvalue weighted by molar-refractivity contribution is 5.94. The molecular formula is C19H18FN5O3. The second-order valence-corrected chi connectivity index (χ2v) is 5.81. The molecule has 0 aliphatic rings. The van der Waals surface area contributed by atoms with Crippen LogP contribution in [0.2, 0.25) is 0 Å². The number of benzene rings is 1. The van der Waals surface area contributed by atoms with Crippen LogP contribution < -0.4 is 10.6 Å². The third-order valence-corrected chi connectivity index (χ3v) is 3.78.